The molecule has 0 spiro atoms. The van der Waals surface area contributed by atoms with E-state index in [0.29, 0.717) is 28.8 Å². The number of rotatable bonds is 8. The Morgan fingerprint density at radius 3 is 2.48 bits per heavy atom. The average Bonchev–Trinajstić information content (AvgIpc) is 2.76. The molecule has 0 atom stereocenters. The van der Waals surface area contributed by atoms with Crippen LogP contribution in [0.25, 0.3) is 11.1 Å². The third kappa shape index (κ3) is 5.96. The van der Waals surface area contributed by atoms with Crippen LogP contribution in [0, 0.1) is 11.6 Å². The number of ether oxygens (including phenoxy) is 1. The Balaban J connectivity index is 1.72. The van der Waals surface area contributed by atoms with Crippen LogP contribution in [0.5, 0.6) is 5.75 Å². The van der Waals surface area contributed by atoms with E-state index in [9.17, 15) is 23.2 Å². The van der Waals surface area contributed by atoms with E-state index in [0.717, 1.165) is 6.07 Å². The van der Waals surface area contributed by atoms with Gasteiger partial charge in [-0.3, -0.25) is 9.59 Å². The summed E-state index contributed by atoms with van der Waals surface area (Å²) < 4.78 is 33.1. The van der Waals surface area contributed by atoms with E-state index in [-0.39, 0.29) is 18.7 Å². The summed E-state index contributed by atoms with van der Waals surface area (Å²) in [5.74, 6) is -2.04. The smallest absolute Gasteiger partial charge is 0.258 e. The predicted octanol–water partition coefficient (Wildman–Crippen LogP) is 3.58. The van der Waals surface area contributed by atoms with Crippen molar-refractivity contribution in [2.24, 2.45) is 0 Å². The zero-order valence-electron chi connectivity index (χ0n) is 16.2. The molecule has 2 amide bonds. The van der Waals surface area contributed by atoms with Crippen LogP contribution < -0.4 is 15.4 Å². The largest absolute Gasteiger partial charge is 0.484 e. The van der Waals surface area contributed by atoms with Crippen LogP contribution in [-0.4, -0.2) is 31.3 Å². The summed E-state index contributed by atoms with van der Waals surface area (Å²) in [6, 6.07) is 15.9. The van der Waals surface area contributed by atoms with Gasteiger partial charge < -0.3 is 20.2 Å². The molecule has 0 saturated carbocycles. The monoisotopic (exact) mass is 424 g/mol. The molecule has 0 saturated heterocycles. The summed E-state index contributed by atoms with van der Waals surface area (Å²) in [6.45, 7) is -0.423. The Morgan fingerprint density at radius 1 is 0.935 bits per heavy atom. The number of aldehydes is 1. The molecule has 8 heteroatoms. The van der Waals surface area contributed by atoms with Gasteiger partial charge in [-0.25, -0.2) is 8.78 Å². The first kappa shape index (κ1) is 21.6. The van der Waals surface area contributed by atoms with Crippen molar-refractivity contribution in [3.05, 3.63) is 83.9 Å². The van der Waals surface area contributed by atoms with Crippen molar-refractivity contribution in [1.82, 2.24) is 5.32 Å². The van der Waals surface area contributed by atoms with E-state index < -0.39 is 23.4 Å². The highest BCUT2D eigenvalue weighted by atomic mass is 19.1. The van der Waals surface area contributed by atoms with Gasteiger partial charge in [0.15, 0.2) is 6.61 Å². The molecule has 0 aliphatic carbocycles. The second-order valence-electron chi connectivity index (χ2n) is 6.45. The van der Waals surface area contributed by atoms with Gasteiger partial charge in [0, 0.05) is 11.8 Å². The van der Waals surface area contributed by atoms with Crippen molar-refractivity contribution >= 4 is 23.8 Å². The van der Waals surface area contributed by atoms with E-state index in [1.807, 2.05) is 0 Å². The number of halogens is 2. The molecule has 2 N–H and O–H groups in total. The maximum absolute atomic E-state index is 14.3. The van der Waals surface area contributed by atoms with Crippen LogP contribution >= 0.6 is 0 Å². The molecule has 0 aromatic heterocycles. The second-order valence-corrected chi connectivity index (χ2v) is 6.45. The fraction of sp³-hybridized carbons (Fsp3) is 0.0870. The molecule has 3 aromatic carbocycles. The minimum atomic E-state index is -0.725. The Morgan fingerprint density at radius 2 is 1.71 bits per heavy atom. The molecule has 0 heterocycles. The van der Waals surface area contributed by atoms with Crippen LogP contribution in [-0.2, 0) is 9.59 Å². The molecule has 0 aliphatic rings. The third-order valence-corrected chi connectivity index (χ3v) is 4.21. The molecule has 31 heavy (non-hydrogen) atoms. The van der Waals surface area contributed by atoms with Gasteiger partial charge >= 0.3 is 0 Å². The molecule has 3 rings (SSSR count). The summed E-state index contributed by atoms with van der Waals surface area (Å²) in [4.78, 5) is 34.4. The lowest BCUT2D eigenvalue weighted by Gasteiger charge is -2.11. The number of hydrogen-bond donors (Lipinski definition) is 2. The first-order chi connectivity index (χ1) is 15.0. The number of benzene rings is 3. The van der Waals surface area contributed by atoms with Crippen molar-refractivity contribution < 1.29 is 27.9 Å². The lowest BCUT2D eigenvalue weighted by molar-refractivity contribution is -0.124. The molecule has 158 valence electrons. The van der Waals surface area contributed by atoms with Crippen molar-refractivity contribution in [2.45, 2.75) is 0 Å². The van der Waals surface area contributed by atoms with Gasteiger partial charge in [-0.15, -0.1) is 0 Å². The SMILES string of the molecule is O=CCNC(=O)COc1cccc(NC(=O)c2cc(-c3cccc(F)c3)ccc2F)c1. The van der Waals surface area contributed by atoms with E-state index in [2.05, 4.69) is 10.6 Å². The Bertz CT molecular complexity index is 1120. The topological polar surface area (TPSA) is 84.5 Å². The van der Waals surface area contributed by atoms with Gasteiger partial charge in [-0.2, -0.15) is 0 Å². The van der Waals surface area contributed by atoms with Crippen molar-refractivity contribution in [3.63, 3.8) is 0 Å². The molecule has 3 aromatic rings. The first-order valence-corrected chi connectivity index (χ1v) is 9.26. The van der Waals surface area contributed by atoms with Gasteiger partial charge in [0.2, 0.25) is 0 Å². The van der Waals surface area contributed by atoms with Crippen LogP contribution in [0.2, 0.25) is 0 Å². The van der Waals surface area contributed by atoms with E-state index >= 15 is 0 Å². The number of amides is 2. The Labute approximate surface area is 176 Å². The third-order valence-electron chi connectivity index (χ3n) is 4.21. The Kier molecular flexibility index (Phi) is 7.05. The molecular formula is C23H18F2N2O4. The average molecular weight is 424 g/mol. The quantitative estimate of drug-likeness (QED) is 0.542. The van der Waals surface area contributed by atoms with Crippen molar-refractivity contribution in [2.75, 3.05) is 18.5 Å². The normalized spacial score (nSPS) is 10.3. The summed E-state index contributed by atoms with van der Waals surface area (Å²) >= 11 is 0. The van der Waals surface area contributed by atoms with Crippen LogP contribution in [0.4, 0.5) is 14.5 Å². The number of carbonyl (C=O) groups is 3. The highest BCUT2D eigenvalue weighted by Gasteiger charge is 2.14. The number of anilines is 1. The van der Waals surface area contributed by atoms with Gasteiger partial charge in [-0.1, -0.05) is 24.3 Å². The lowest BCUT2D eigenvalue weighted by atomic mass is 10.0. The molecule has 0 unspecified atom stereocenters. The molecule has 0 bridgehead atoms. The molecule has 0 fully saturated rings. The van der Waals surface area contributed by atoms with E-state index in [4.69, 9.17) is 4.74 Å². The van der Waals surface area contributed by atoms with E-state index in [1.54, 1.807) is 24.3 Å². The van der Waals surface area contributed by atoms with Crippen LogP contribution in [0.1, 0.15) is 10.4 Å². The van der Waals surface area contributed by atoms with E-state index in [1.165, 1.54) is 36.4 Å². The summed E-state index contributed by atoms with van der Waals surface area (Å²) in [7, 11) is 0. The van der Waals surface area contributed by atoms with Crippen molar-refractivity contribution in [1.29, 1.82) is 0 Å². The first-order valence-electron chi connectivity index (χ1n) is 9.26. The Hall–Kier alpha value is -4.07. The van der Waals surface area contributed by atoms with Crippen LogP contribution in [0.3, 0.4) is 0 Å². The fourth-order valence-electron chi connectivity index (χ4n) is 2.76. The van der Waals surface area contributed by atoms with Gasteiger partial charge in [0.1, 0.15) is 23.7 Å². The highest BCUT2D eigenvalue weighted by molar-refractivity contribution is 6.05. The zero-order valence-corrected chi connectivity index (χ0v) is 16.2. The van der Waals surface area contributed by atoms with Gasteiger partial charge in [0.25, 0.3) is 11.8 Å². The van der Waals surface area contributed by atoms with Gasteiger partial charge in [0.05, 0.1) is 12.1 Å². The summed E-state index contributed by atoms with van der Waals surface area (Å²) in [5.41, 5.74) is 1.12. The molecule has 0 radical (unpaired) electrons. The standard InChI is InChI=1S/C23H18F2N2O4/c24-17-4-1-3-15(11-17)16-7-8-21(25)20(12-16)23(30)27-18-5-2-6-19(13-18)31-14-22(29)26-9-10-28/h1-8,10-13H,9,14H2,(H,26,29)(H,27,30). The lowest BCUT2D eigenvalue weighted by Crippen LogP contribution is -2.30. The predicted molar refractivity (Wildman–Crippen MR) is 111 cm³/mol. The highest BCUT2D eigenvalue weighted by Crippen LogP contribution is 2.24. The van der Waals surface area contributed by atoms with Gasteiger partial charge in [-0.05, 0) is 47.5 Å². The molecule has 0 aliphatic heterocycles. The second kappa shape index (κ2) is 10.1. The number of hydrogen-bond acceptors (Lipinski definition) is 4. The fourth-order valence-corrected chi connectivity index (χ4v) is 2.76. The van der Waals surface area contributed by atoms with Crippen LogP contribution in [0.15, 0.2) is 66.7 Å². The minimum absolute atomic E-state index is 0.113. The molecule has 6 nitrogen and oxygen atoms in total. The summed E-state index contributed by atoms with van der Waals surface area (Å²) in [6.07, 6.45) is 0.552. The maximum Gasteiger partial charge on any atom is 0.258 e. The maximum atomic E-state index is 14.3. The number of carbonyl (C=O) groups excluding carboxylic acids is 3. The zero-order chi connectivity index (χ0) is 22.2. The summed E-state index contributed by atoms with van der Waals surface area (Å²) in [5, 5.41) is 4.90. The number of nitrogens with one attached hydrogen (secondary N) is 2. The minimum Gasteiger partial charge on any atom is -0.484 e. The van der Waals surface area contributed by atoms with Crippen molar-refractivity contribution in [3.8, 4) is 16.9 Å². The molecular weight excluding hydrogens is 406 g/mol.